The zero-order chi connectivity index (χ0) is 46.3. The quantitative estimate of drug-likeness (QED) is 0.165. The van der Waals surface area contributed by atoms with Gasteiger partial charge in [-0.15, -0.1) is 11.3 Å². The van der Waals surface area contributed by atoms with Crippen molar-refractivity contribution in [1.29, 1.82) is 0 Å². The molecule has 0 saturated carbocycles. The number of carbonyl (C=O) groups is 4. The average Bonchev–Trinajstić information content (AvgIpc) is 3.84. The summed E-state index contributed by atoms with van der Waals surface area (Å²) >= 11 is 1.35. The predicted molar refractivity (Wildman–Crippen MR) is 241 cm³/mol. The Morgan fingerprint density at radius 2 is 1.89 bits per heavy atom. The van der Waals surface area contributed by atoms with Crippen LogP contribution in [0.4, 0.5) is 4.79 Å². The fourth-order valence-corrected chi connectivity index (χ4v) is 10.1. The van der Waals surface area contributed by atoms with Gasteiger partial charge in [0, 0.05) is 86.2 Å². The number of hydrazine groups is 1. The second-order valence-electron chi connectivity index (χ2n) is 18.6. The molecule has 7 rings (SSSR count). The molecule has 4 amide bonds. The standard InChI is InChI=1S/C46H62N8O9S/c1-10-53-35-15-14-29-19-31(35)32(39(53)30-13-11-17-47-37(30)28(4)62-9)21-44(5,6)25-63-42(57)46(60)16-12-18-54(50-46)41(56)33(20-36-48-34(29)22-64-36)49-40(55)38(27(2)3)51(7)43(58)52-23-45(59,24-52)26-61-8/h11,13-15,17,19,22,27-28,33,38,50,59-60H,10,12,16,18,20-21,23-26H2,1-9H3,(H,49,55)/t28-,33-,38-,46-/m0/s1. The normalized spacial score (nSPS) is 22.1. The van der Waals surface area contributed by atoms with Crippen LogP contribution in [0.1, 0.15) is 76.8 Å². The minimum Gasteiger partial charge on any atom is -0.462 e. The molecule has 0 radical (unpaired) electrons. The van der Waals surface area contributed by atoms with Gasteiger partial charge in [-0.3, -0.25) is 19.6 Å². The first-order valence-electron chi connectivity index (χ1n) is 21.9. The number of likely N-dealkylation sites (tertiary alicyclic amines) is 1. The van der Waals surface area contributed by atoms with Crippen molar-refractivity contribution in [3.05, 3.63) is 58.2 Å². The summed E-state index contributed by atoms with van der Waals surface area (Å²) in [7, 11) is 4.66. The fraction of sp³-hybridized carbons (Fsp3) is 0.565. The third-order valence-electron chi connectivity index (χ3n) is 12.5. The number of thiazole rings is 1. The zero-order valence-corrected chi connectivity index (χ0v) is 39.1. The molecule has 3 aromatic heterocycles. The van der Waals surface area contributed by atoms with Crippen LogP contribution in [0.3, 0.4) is 0 Å². The smallest absolute Gasteiger partial charge is 0.355 e. The highest BCUT2D eigenvalue weighted by atomic mass is 32.1. The lowest BCUT2D eigenvalue weighted by Gasteiger charge is -2.48. The SMILES string of the molecule is CCn1c(-c2cccnc2[C@H](C)OC)c2c3cc(ccc31)-c1csc(n1)C[C@H](NC(=O)[C@H](C(C)C)N(C)C(=O)N1CC(O)(COC)C1)C(=O)N1CCC[C@@](O)(N1)C(=O)OCC(C)(C)C2. The Bertz CT molecular complexity index is 2390. The number of likely N-dealkylation sites (N-methyl/N-ethyl adjacent to an activating group) is 1. The zero-order valence-electron chi connectivity index (χ0n) is 38.3. The van der Waals surface area contributed by atoms with Crippen molar-refractivity contribution in [3.63, 3.8) is 0 Å². The number of esters is 1. The van der Waals surface area contributed by atoms with E-state index >= 15 is 0 Å². The van der Waals surface area contributed by atoms with Gasteiger partial charge in [-0.2, -0.15) is 5.43 Å². The number of hydrogen-bond acceptors (Lipinski definition) is 13. The van der Waals surface area contributed by atoms with Crippen molar-refractivity contribution in [1.82, 2.24) is 40.1 Å². The number of aromatic nitrogens is 3. The second kappa shape index (κ2) is 18.5. The highest BCUT2D eigenvalue weighted by molar-refractivity contribution is 7.10. The molecule has 1 aromatic carbocycles. The number of β-amino-alcohol motifs (C(OH)–C–C–N with tert-alkyl or cyclic N) is 1. The third kappa shape index (κ3) is 9.26. The topological polar surface area (TPSA) is 201 Å². The summed E-state index contributed by atoms with van der Waals surface area (Å²) in [5, 5.41) is 30.0. The minimum atomic E-state index is -2.23. The number of hydrogen-bond donors (Lipinski definition) is 4. The van der Waals surface area contributed by atoms with E-state index in [4.69, 9.17) is 24.2 Å². The van der Waals surface area contributed by atoms with E-state index in [0.29, 0.717) is 23.7 Å². The molecule has 0 unspecified atom stereocenters. The molecule has 3 aliphatic heterocycles. The van der Waals surface area contributed by atoms with E-state index in [1.54, 1.807) is 27.2 Å². The first kappa shape index (κ1) is 47.0. The molecule has 0 aliphatic carbocycles. The number of aliphatic hydroxyl groups is 2. The van der Waals surface area contributed by atoms with Gasteiger partial charge in [0.25, 0.3) is 5.91 Å². The summed E-state index contributed by atoms with van der Waals surface area (Å²) in [6.45, 7) is 12.6. The van der Waals surface area contributed by atoms with Crippen LogP contribution in [0.2, 0.25) is 0 Å². The van der Waals surface area contributed by atoms with Crippen molar-refractivity contribution >= 4 is 46.1 Å². The number of fused-ring (bicyclic) bond motifs is 6. The van der Waals surface area contributed by atoms with Crippen molar-refractivity contribution in [2.75, 3.05) is 54.1 Å². The number of amides is 4. The van der Waals surface area contributed by atoms with E-state index in [1.165, 1.54) is 40.3 Å². The summed E-state index contributed by atoms with van der Waals surface area (Å²) in [6.07, 6.45) is 2.20. The van der Waals surface area contributed by atoms with Gasteiger partial charge < -0.3 is 44.1 Å². The van der Waals surface area contributed by atoms with Gasteiger partial charge in [0.2, 0.25) is 11.6 Å². The Labute approximate surface area is 378 Å². The van der Waals surface area contributed by atoms with Crippen molar-refractivity contribution in [3.8, 4) is 22.5 Å². The molecule has 2 saturated heterocycles. The maximum Gasteiger partial charge on any atom is 0.355 e. The summed E-state index contributed by atoms with van der Waals surface area (Å²) in [5.41, 5.74) is 5.02. The number of rotatable bonds is 10. The van der Waals surface area contributed by atoms with Crippen LogP contribution in [-0.4, -0.2) is 141 Å². The monoisotopic (exact) mass is 902 g/mol. The first-order chi connectivity index (χ1) is 30.3. The molecular weight excluding hydrogens is 841 g/mol. The molecule has 2 fully saturated rings. The molecule has 17 nitrogen and oxygen atoms in total. The molecule has 4 aromatic rings. The van der Waals surface area contributed by atoms with Crippen LogP contribution in [0, 0.1) is 11.3 Å². The highest BCUT2D eigenvalue weighted by Crippen LogP contribution is 2.42. The largest absolute Gasteiger partial charge is 0.462 e. The van der Waals surface area contributed by atoms with Gasteiger partial charge in [-0.25, -0.2) is 14.6 Å². The number of pyridine rings is 1. The predicted octanol–water partition coefficient (Wildman–Crippen LogP) is 4.29. The Kier molecular flexibility index (Phi) is 13.6. The number of ether oxygens (including phenoxy) is 3. The van der Waals surface area contributed by atoms with Gasteiger partial charge in [0.1, 0.15) is 17.7 Å². The molecule has 4 N–H and O–H groups in total. The van der Waals surface area contributed by atoms with Gasteiger partial charge in [0.15, 0.2) is 0 Å². The van der Waals surface area contributed by atoms with Crippen LogP contribution in [0.25, 0.3) is 33.4 Å². The van der Waals surface area contributed by atoms with Crippen LogP contribution in [0.5, 0.6) is 0 Å². The lowest BCUT2D eigenvalue weighted by molar-refractivity contribution is -0.189. The lowest BCUT2D eigenvalue weighted by atomic mass is 9.84. The summed E-state index contributed by atoms with van der Waals surface area (Å²) in [6, 6.07) is 7.56. The first-order valence-corrected chi connectivity index (χ1v) is 22.8. The molecule has 64 heavy (non-hydrogen) atoms. The molecule has 0 spiro atoms. The van der Waals surface area contributed by atoms with Gasteiger partial charge in [-0.05, 0) is 62.4 Å². The van der Waals surface area contributed by atoms with E-state index in [-0.39, 0.29) is 64.1 Å². The van der Waals surface area contributed by atoms with Crippen LogP contribution < -0.4 is 10.7 Å². The van der Waals surface area contributed by atoms with E-state index < -0.39 is 52.6 Å². The number of nitrogens with zero attached hydrogens (tertiary/aromatic N) is 6. The third-order valence-corrected chi connectivity index (χ3v) is 13.4. The summed E-state index contributed by atoms with van der Waals surface area (Å²) in [5.74, 6) is -2.47. The Morgan fingerprint density at radius 1 is 1.14 bits per heavy atom. The van der Waals surface area contributed by atoms with Crippen molar-refractivity contribution < 1.29 is 43.6 Å². The van der Waals surface area contributed by atoms with Crippen LogP contribution >= 0.6 is 11.3 Å². The molecule has 18 heteroatoms. The Hall–Kier alpha value is -4.98. The fourth-order valence-electron chi connectivity index (χ4n) is 9.29. The van der Waals surface area contributed by atoms with Crippen molar-refractivity contribution in [2.45, 2.75) is 103 Å². The molecule has 4 atom stereocenters. The van der Waals surface area contributed by atoms with Gasteiger partial charge in [-0.1, -0.05) is 33.8 Å². The average molecular weight is 903 g/mol. The van der Waals surface area contributed by atoms with Crippen LogP contribution in [0.15, 0.2) is 41.9 Å². The van der Waals surface area contributed by atoms with E-state index in [2.05, 4.69) is 40.4 Å². The number of aryl methyl sites for hydroxylation is 1. The van der Waals surface area contributed by atoms with E-state index in [9.17, 15) is 29.4 Å². The maximum atomic E-state index is 14.6. The summed E-state index contributed by atoms with van der Waals surface area (Å²) < 4.78 is 19.1. The summed E-state index contributed by atoms with van der Waals surface area (Å²) in [4.78, 5) is 69.0. The molecule has 346 valence electrons. The number of cyclic esters (lactones) is 1. The Morgan fingerprint density at radius 3 is 2.58 bits per heavy atom. The minimum absolute atomic E-state index is 0.0143. The van der Waals surface area contributed by atoms with Gasteiger partial charge >= 0.3 is 12.0 Å². The molecular formula is C46H62N8O9S. The van der Waals surface area contributed by atoms with Gasteiger partial charge in [0.05, 0.1) is 54.5 Å². The number of carbonyl (C=O) groups excluding carboxylic acids is 4. The number of methoxy groups -OCH3 is 2. The number of nitrogens with one attached hydrogen (secondary N) is 2. The van der Waals surface area contributed by atoms with Crippen molar-refractivity contribution in [2.24, 2.45) is 11.3 Å². The Balaban J connectivity index is 1.29. The maximum absolute atomic E-state index is 14.6. The van der Waals surface area contributed by atoms with E-state index in [1.807, 2.05) is 38.3 Å². The lowest BCUT2D eigenvalue weighted by Crippen LogP contribution is -2.69. The number of benzene rings is 1. The van der Waals surface area contributed by atoms with E-state index in [0.717, 1.165) is 39.0 Å². The molecule has 3 aliphatic rings. The number of urea groups is 1. The second-order valence-corrected chi connectivity index (χ2v) is 19.5. The van der Waals surface area contributed by atoms with Crippen LogP contribution in [-0.2, 0) is 48.0 Å². The molecule has 6 heterocycles. The highest BCUT2D eigenvalue weighted by Gasteiger charge is 2.48. The molecule has 6 bridgehead atoms.